The highest BCUT2D eigenvalue weighted by molar-refractivity contribution is 7.89. The minimum atomic E-state index is -4.38. The van der Waals surface area contributed by atoms with Gasteiger partial charge >= 0.3 is 6.18 Å². The van der Waals surface area contributed by atoms with Gasteiger partial charge in [0.25, 0.3) is 5.91 Å². The van der Waals surface area contributed by atoms with E-state index in [1.807, 2.05) is 0 Å². The Bertz CT molecular complexity index is 776. The van der Waals surface area contributed by atoms with Gasteiger partial charge in [0.2, 0.25) is 10.0 Å². The SMILES string of the molecule is CN(CCC(F)(F)F)C(=O)c1ccc(Cl)c(S(=O)(=O)N2CCCCCC2)c1. The quantitative estimate of drug-likeness (QED) is 0.716. The van der Waals surface area contributed by atoms with E-state index in [0.29, 0.717) is 13.1 Å². The van der Waals surface area contributed by atoms with E-state index in [0.717, 1.165) is 36.6 Å². The molecule has 1 fully saturated rings. The Hall–Kier alpha value is -1.32. The molecule has 1 aliphatic heterocycles. The zero-order valence-corrected chi connectivity index (χ0v) is 16.5. The smallest absolute Gasteiger partial charge is 0.341 e. The number of halogens is 4. The average Bonchev–Trinajstić information content (AvgIpc) is 2.88. The van der Waals surface area contributed by atoms with Crippen molar-refractivity contribution in [3.8, 4) is 0 Å². The topological polar surface area (TPSA) is 57.7 Å². The fourth-order valence-electron chi connectivity index (χ4n) is 2.87. The first-order chi connectivity index (χ1) is 12.5. The van der Waals surface area contributed by atoms with Crippen LogP contribution in [0.15, 0.2) is 23.1 Å². The standard InChI is InChI=1S/C17H22ClF3N2O3S/c1-22(11-8-17(19,20)21)16(24)13-6-7-14(18)15(12-13)27(25,26)23-9-4-2-3-5-10-23/h6-7,12H,2-5,8-11H2,1H3. The lowest BCUT2D eigenvalue weighted by molar-refractivity contribution is -0.136. The van der Waals surface area contributed by atoms with Crippen molar-refractivity contribution in [2.24, 2.45) is 0 Å². The van der Waals surface area contributed by atoms with Gasteiger partial charge in [-0.3, -0.25) is 4.79 Å². The number of sulfonamides is 1. The van der Waals surface area contributed by atoms with Gasteiger partial charge < -0.3 is 4.90 Å². The number of hydrogen-bond donors (Lipinski definition) is 0. The molecular weight excluding hydrogens is 405 g/mol. The number of rotatable bonds is 5. The normalized spacial score (nSPS) is 16.8. The van der Waals surface area contributed by atoms with Crippen LogP contribution in [0.1, 0.15) is 42.5 Å². The summed E-state index contributed by atoms with van der Waals surface area (Å²) in [7, 11) is -2.64. The summed E-state index contributed by atoms with van der Waals surface area (Å²) in [6, 6.07) is 3.75. The second-order valence-corrected chi connectivity index (χ2v) is 8.87. The maximum absolute atomic E-state index is 12.9. The Morgan fingerprint density at radius 2 is 1.78 bits per heavy atom. The van der Waals surface area contributed by atoms with Crippen LogP contribution in [0.3, 0.4) is 0 Å². The molecule has 2 rings (SSSR count). The Morgan fingerprint density at radius 3 is 2.33 bits per heavy atom. The van der Waals surface area contributed by atoms with Gasteiger partial charge in [0.05, 0.1) is 11.4 Å². The lowest BCUT2D eigenvalue weighted by Crippen LogP contribution is -2.33. The van der Waals surface area contributed by atoms with Crippen LogP contribution < -0.4 is 0 Å². The summed E-state index contributed by atoms with van der Waals surface area (Å²) in [5, 5.41) is -0.0197. The zero-order valence-electron chi connectivity index (χ0n) is 14.9. The summed E-state index contributed by atoms with van der Waals surface area (Å²) in [5.74, 6) is -0.691. The molecule has 0 aliphatic carbocycles. The van der Waals surface area contributed by atoms with Gasteiger partial charge in [0, 0.05) is 32.2 Å². The largest absolute Gasteiger partial charge is 0.390 e. The molecular formula is C17H22ClF3N2O3S. The van der Waals surface area contributed by atoms with E-state index in [1.165, 1.54) is 23.5 Å². The summed E-state index contributed by atoms with van der Waals surface area (Å²) >= 11 is 6.07. The number of benzene rings is 1. The molecule has 0 N–H and O–H groups in total. The summed E-state index contributed by atoms with van der Waals surface area (Å²) in [6.45, 7) is 0.240. The Morgan fingerprint density at radius 1 is 1.19 bits per heavy atom. The molecule has 0 aromatic heterocycles. The molecule has 0 bridgehead atoms. The highest BCUT2D eigenvalue weighted by atomic mass is 35.5. The van der Waals surface area contributed by atoms with Crippen LogP contribution in [0.5, 0.6) is 0 Å². The number of carbonyl (C=O) groups excluding carboxylic acids is 1. The number of nitrogens with zero attached hydrogens (tertiary/aromatic N) is 2. The Labute approximate surface area is 162 Å². The van der Waals surface area contributed by atoms with Crippen molar-refractivity contribution in [1.82, 2.24) is 9.21 Å². The molecule has 152 valence electrons. The molecule has 0 atom stereocenters. The minimum absolute atomic E-state index is 0.0162. The van der Waals surface area contributed by atoms with Crippen LogP contribution in [-0.2, 0) is 10.0 Å². The van der Waals surface area contributed by atoms with E-state index < -0.39 is 35.1 Å². The highest BCUT2D eigenvalue weighted by Gasteiger charge is 2.30. The van der Waals surface area contributed by atoms with Crippen LogP contribution >= 0.6 is 11.6 Å². The molecule has 0 spiro atoms. The molecule has 1 amide bonds. The van der Waals surface area contributed by atoms with E-state index in [9.17, 15) is 26.4 Å². The average molecular weight is 427 g/mol. The maximum atomic E-state index is 12.9. The number of hydrogen-bond acceptors (Lipinski definition) is 3. The molecule has 0 radical (unpaired) electrons. The molecule has 1 aliphatic rings. The fraction of sp³-hybridized carbons (Fsp3) is 0.588. The molecule has 1 saturated heterocycles. The second kappa shape index (κ2) is 8.79. The third-order valence-electron chi connectivity index (χ3n) is 4.44. The van der Waals surface area contributed by atoms with Crippen molar-refractivity contribution in [2.45, 2.75) is 43.2 Å². The third-order valence-corrected chi connectivity index (χ3v) is 6.82. The summed E-state index contributed by atoms with van der Waals surface area (Å²) in [5.41, 5.74) is -0.0162. The predicted molar refractivity (Wildman–Crippen MR) is 96.3 cm³/mol. The summed E-state index contributed by atoms with van der Waals surface area (Å²) < 4.78 is 64.3. The van der Waals surface area contributed by atoms with Gasteiger partial charge in [-0.2, -0.15) is 17.5 Å². The first-order valence-electron chi connectivity index (χ1n) is 8.64. The summed E-state index contributed by atoms with van der Waals surface area (Å²) in [6.07, 6.45) is -2.13. The molecule has 1 aromatic rings. The van der Waals surface area contributed by atoms with Crippen molar-refractivity contribution in [1.29, 1.82) is 0 Å². The van der Waals surface area contributed by atoms with Crippen LogP contribution in [-0.4, -0.2) is 56.4 Å². The third kappa shape index (κ3) is 5.83. The van der Waals surface area contributed by atoms with E-state index >= 15 is 0 Å². The predicted octanol–water partition coefficient (Wildman–Crippen LogP) is 3.93. The minimum Gasteiger partial charge on any atom is -0.341 e. The first-order valence-corrected chi connectivity index (χ1v) is 10.5. The van der Waals surface area contributed by atoms with E-state index in [-0.39, 0.29) is 15.5 Å². The van der Waals surface area contributed by atoms with Crippen LogP contribution in [0.2, 0.25) is 5.02 Å². The number of amides is 1. The molecule has 10 heteroatoms. The molecule has 1 aromatic carbocycles. The van der Waals surface area contributed by atoms with Crippen molar-refractivity contribution < 1.29 is 26.4 Å². The van der Waals surface area contributed by atoms with E-state index in [1.54, 1.807) is 0 Å². The Kier molecular flexibility index (Phi) is 7.15. The van der Waals surface area contributed by atoms with E-state index in [2.05, 4.69) is 0 Å². The monoisotopic (exact) mass is 426 g/mol. The van der Waals surface area contributed by atoms with Crippen molar-refractivity contribution in [3.63, 3.8) is 0 Å². The van der Waals surface area contributed by atoms with Crippen molar-refractivity contribution in [3.05, 3.63) is 28.8 Å². The maximum Gasteiger partial charge on any atom is 0.390 e. The molecule has 27 heavy (non-hydrogen) atoms. The molecule has 1 heterocycles. The molecule has 5 nitrogen and oxygen atoms in total. The van der Waals surface area contributed by atoms with Gasteiger partial charge in [0.1, 0.15) is 4.90 Å². The highest BCUT2D eigenvalue weighted by Crippen LogP contribution is 2.28. The van der Waals surface area contributed by atoms with Crippen LogP contribution in [0, 0.1) is 0 Å². The first kappa shape index (κ1) is 22.0. The lowest BCUT2D eigenvalue weighted by atomic mass is 10.2. The van der Waals surface area contributed by atoms with Gasteiger partial charge in [0.15, 0.2) is 0 Å². The Balaban J connectivity index is 2.25. The zero-order chi connectivity index (χ0) is 20.2. The van der Waals surface area contributed by atoms with Gasteiger partial charge in [-0.1, -0.05) is 24.4 Å². The fourth-order valence-corrected chi connectivity index (χ4v) is 4.89. The number of alkyl halides is 3. The van der Waals surface area contributed by atoms with Crippen molar-refractivity contribution >= 4 is 27.5 Å². The van der Waals surface area contributed by atoms with Crippen LogP contribution in [0.4, 0.5) is 13.2 Å². The van der Waals surface area contributed by atoms with Gasteiger partial charge in [-0.15, -0.1) is 0 Å². The lowest BCUT2D eigenvalue weighted by Gasteiger charge is -2.22. The van der Waals surface area contributed by atoms with Crippen LogP contribution in [0.25, 0.3) is 0 Å². The van der Waals surface area contributed by atoms with Gasteiger partial charge in [-0.05, 0) is 31.0 Å². The van der Waals surface area contributed by atoms with E-state index in [4.69, 9.17) is 11.6 Å². The van der Waals surface area contributed by atoms with Crippen molar-refractivity contribution in [2.75, 3.05) is 26.7 Å². The molecule has 0 unspecified atom stereocenters. The van der Waals surface area contributed by atoms with Gasteiger partial charge in [-0.25, -0.2) is 8.42 Å². The summed E-state index contributed by atoms with van der Waals surface area (Å²) in [4.78, 5) is 13.1. The molecule has 0 saturated carbocycles. The second-order valence-electron chi connectivity index (χ2n) is 6.56. The number of carbonyl (C=O) groups is 1.